The van der Waals surface area contributed by atoms with Crippen molar-refractivity contribution in [2.24, 2.45) is 0 Å². The molecule has 3 aromatic carbocycles. The van der Waals surface area contributed by atoms with E-state index in [1.54, 1.807) is 0 Å². The van der Waals surface area contributed by atoms with E-state index in [0.717, 1.165) is 33.6 Å². The first-order valence-corrected chi connectivity index (χ1v) is 8.76. The molecule has 3 aromatic rings. The fraction of sp³-hybridized carbons (Fsp3) is 0.174. The Labute approximate surface area is 153 Å². The Morgan fingerprint density at radius 2 is 1.69 bits per heavy atom. The lowest BCUT2D eigenvalue weighted by Gasteiger charge is -2.32. The molecule has 0 aliphatic carbocycles. The topological polar surface area (TPSA) is 40.5 Å². The first kappa shape index (κ1) is 16.4. The number of rotatable bonds is 2. The summed E-state index contributed by atoms with van der Waals surface area (Å²) in [7, 11) is 2.02. The van der Waals surface area contributed by atoms with Gasteiger partial charge in [-0.15, -0.1) is 0 Å². The summed E-state index contributed by atoms with van der Waals surface area (Å²) >= 11 is 0. The minimum atomic E-state index is -0.847. The van der Waals surface area contributed by atoms with Crippen LogP contribution in [0.4, 0.5) is 11.4 Å². The third-order valence-corrected chi connectivity index (χ3v) is 5.43. The molecule has 26 heavy (non-hydrogen) atoms. The number of aryl methyl sites for hydroxylation is 1. The van der Waals surface area contributed by atoms with Gasteiger partial charge in [0.25, 0.3) is 0 Å². The van der Waals surface area contributed by atoms with Crippen molar-refractivity contribution in [3.05, 3.63) is 82.4 Å². The summed E-state index contributed by atoms with van der Waals surface area (Å²) in [6.45, 7) is 3.87. The molecule has 0 fully saturated rings. The molecule has 0 radical (unpaired) electrons. The highest BCUT2D eigenvalue weighted by Gasteiger charge is 2.27. The number of carboxylic acid groups (broad SMARTS) is 1. The number of hydrogen-bond acceptors (Lipinski definition) is 2. The zero-order valence-electron chi connectivity index (χ0n) is 15.2. The Bertz CT molecular complexity index is 1020. The van der Waals surface area contributed by atoms with Gasteiger partial charge in [0.2, 0.25) is 0 Å². The van der Waals surface area contributed by atoms with E-state index in [1.807, 2.05) is 39.1 Å². The number of carbonyl (C=O) groups is 1. The van der Waals surface area contributed by atoms with E-state index >= 15 is 0 Å². The van der Waals surface area contributed by atoms with Crippen molar-refractivity contribution >= 4 is 17.3 Å². The maximum Gasteiger partial charge on any atom is 0.336 e. The summed E-state index contributed by atoms with van der Waals surface area (Å²) in [6.07, 6.45) is 0.646. The number of aromatic carboxylic acids is 1. The number of hydrogen-bond donors (Lipinski definition) is 1. The molecule has 0 bridgehead atoms. The number of fused-ring (bicyclic) bond motifs is 2. The SMILES string of the molecule is Cc1cc2c(c(C(=O)O)c1C)Cc1ccc(-c3ccccc3)cc1N2C. The van der Waals surface area contributed by atoms with Gasteiger partial charge in [-0.3, -0.25) is 0 Å². The standard InChI is InChI=1S/C23H21NO2/c1-14-11-21-19(22(15(14)2)23(25)26)12-18-10-9-17(13-20(18)24(21)3)16-7-5-4-6-8-16/h4-11,13H,12H2,1-3H3,(H,25,26). The predicted octanol–water partition coefficient (Wildman–Crippen LogP) is 5.34. The molecule has 4 rings (SSSR count). The lowest BCUT2D eigenvalue weighted by molar-refractivity contribution is 0.0695. The minimum Gasteiger partial charge on any atom is -0.478 e. The van der Waals surface area contributed by atoms with Crippen LogP contribution in [0.1, 0.15) is 32.6 Å². The Hall–Kier alpha value is -3.07. The van der Waals surface area contributed by atoms with Gasteiger partial charge in [-0.1, -0.05) is 42.5 Å². The third-order valence-electron chi connectivity index (χ3n) is 5.43. The summed E-state index contributed by atoms with van der Waals surface area (Å²) in [5, 5.41) is 9.75. The van der Waals surface area contributed by atoms with Gasteiger partial charge in [-0.05, 0) is 59.4 Å². The Kier molecular flexibility index (Phi) is 3.80. The largest absolute Gasteiger partial charge is 0.478 e. The van der Waals surface area contributed by atoms with E-state index in [-0.39, 0.29) is 0 Å². The molecule has 0 saturated carbocycles. The van der Waals surface area contributed by atoms with E-state index < -0.39 is 5.97 Å². The summed E-state index contributed by atoms with van der Waals surface area (Å²) < 4.78 is 0. The van der Waals surface area contributed by atoms with Crippen molar-refractivity contribution in [1.29, 1.82) is 0 Å². The molecule has 3 nitrogen and oxygen atoms in total. The van der Waals surface area contributed by atoms with Gasteiger partial charge < -0.3 is 10.0 Å². The van der Waals surface area contributed by atoms with Crippen LogP contribution >= 0.6 is 0 Å². The molecule has 0 aromatic heterocycles. The second-order valence-corrected chi connectivity index (χ2v) is 6.94. The molecule has 1 N–H and O–H groups in total. The van der Waals surface area contributed by atoms with Crippen LogP contribution < -0.4 is 4.90 Å². The monoisotopic (exact) mass is 343 g/mol. The van der Waals surface area contributed by atoms with Crippen LogP contribution in [-0.4, -0.2) is 18.1 Å². The van der Waals surface area contributed by atoms with Crippen LogP contribution in [-0.2, 0) is 6.42 Å². The van der Waals surface area contributed by atoms with Crippen molar-refractivity contribution in [3.63, 3.8) is 0 Å². The Balaban J connectivity index is 1.88. The zero-order valence-corrected chi connectivity index (χ0v) is 15.2. The van der Waals surface area contributed by atoms with Gasteiger partial charge in [0.05, 0.1) is 5.56 Å². The molecular formula is C23H21NO2. The number of benzene rings is 3. The highest BCUT2D eigenvalue weighted by atomic mass is 16.4. The maximum atomic E-state index is 11.9. The summed E-state index contributed by atoms with van der Waals surface area (Å²) in [6, 6.07) is 18.9. The minimum absolute atomic E-state index is 0.449. The van der Waals surface area contributed by atoms with E-state index in [2.05, 4.69) is 41.3 Å². The predicted molar refractivity (Wildman–Crippen MR) is 106 cm³/mol. The van der Waals surface area contributed by atoms with E-state index in [0.29, 0.717) is 12.0 Å². The average molecular weight is 343 g/mol. The van der Waals surface area contributed by atoms with Gasteiger partial charge in [-0.25, -0.2) is 4.79 Å². The van der Waals surface area contributed by atoms with E-state index in [4.69, 9.17) is 0 Å². The molecule has 130 valence electrons. The van der Waals surface area contributed by atoms with Gasteiger partial charge in [0.15, 0.2) is 0 Å². The van der Waals surface area contributed by atoms with Crippen molar-refractivity contribution < 1.29 is 9.90 Å². The Morgan fingerprint density at radius 1 is 0.962 bits per heavy atom. The molecule has 0 amide bonds. The lowest BCUT2D eigenvalue weighted by atomic mass is 9.87. The van der Waals surface area contributed by atoms with Crippen LogP contribution in [0, 0.1) is 13.8 Å². The van der Waals surface area contributed by atoms with Crippen LogP contribution in [0.2, 0.25) is 0 Å². The normalized spacial score (nSPS) is 12.5. The molecule has 1 aliphatic heterocycles. The highest BCUT2D eigenvalue weighted by molar-refractivity contribution is 5.95. The first-order valence-electron chi connectivity index (χ1n) is 8.76. The second kappa shape index (κ2) is 6.03. The van der Waals surface area contributed by atoms with Crippen molar-refractivity contribution in [2.75, 3.05) is 11.9 Å². The molecular weight excluding hydrogens is 322 g/mol. The second-order valence-electron chi connectivity index (χ2n) is 6.94. The number of anilines is 2. The van der Waals surface area contributed by atoms with Gasteiger partial charge in [-0.2, -0.15) is 0 Å². The van der Waals surface area contributed by atoms with E-state index in [1.165, 1.54) is 11.1 Å². The highest BCUT2D eigenvalue weighted by Crippen LogP contribution is 2.42. The number of carboxylic acids is 1. The maximum absolute atomic E-state index is 11.9. The smallest absolute Gasteiger partial charge is 0.336 e. The van der Waals surface area contributed by atoms with Crippen LogP contribution in [0.25, 0.3) is 11.1 Å². The average Bonchev–Trinajstić information content (AvgIpc) is 2.64. The van der Waals surface area contributed by atoms with E-state index in [9.17, 15) is 9.90 Å². The molecule has 3 heteroatoms. The van der Waals surface area contributed by atoms with Gasteiger partial charge in [0, 0.05) is 24.8 Å². The van der Waals surface area contributed by atoms with Crippen molar-refractivity contribution in [3.8, 4) is 11.1 Å². The van der Waals surface area contributed by atoms with Crippen LogP contribution in [0.5, 0.6) is 0 Å². The molecule has 1 heterocycles. The van der Waals surface area contributed by atoms with Gasteiger partial charge >= 0.3 is 5.97 Å². The number of nitrogens with zero attached hydrogens (tertiary/aromatic N) is 1. The summed E-state index contributed by atoms with van der Waals surface area (Å²) in [5.74, 6) is -0.847. The van der Waals surface area contributed by atoms with Crippen LogP contribution in [0.3, 0.4) is 0 Å². The van der Waals surface area contributed by atoms with Crippen LogP contribution in [0.15, 0.2) is 54.6 Å². The first-order chi connectivity index (χ1) is 12.5. The molecule has 0 atom stereocenters. The lowest BCUT2D eigenvalue weighted by Crippen LogP contribution is -2.22. The summed E-state index contributed by atoms with van der Waals surface area (Å²) in [5.41, 5.74) is 8.85. The van der Waals surface area contributed by atoms with Crippen molar-refractivity contribution in [1.82, 2.24) is 0 Å². The molecule has 0 saturated heterocycles. The fourth-order valence-electron chi connectivity index (χ4n) is 3.88. The third kappa shape index (κ3) is 2.48. The summed E-state index contributed by atoms with van der Waals surface area (Å²) in [4.78, 5) is 14.0. The molecule has 1 aliphatic rings. The Morgan fingerprint density at radius 3 is 2.38 bits per heavy atom. The van der Waals surface area contributed by atoms with Crippen molar-refractivity contribution in [2.45, 2.75) is 20.3 Å². The molecule has 0 spiro atoms. The fourth-order valence-corrected chi connectivity index (χ4v) is 3.88. The van der Waals surface area contributed by atoms with Gasteiger partial charge in [0.1, 0.15) is 0 Å². The molecule has 0 unspecified atom stereocenters. The quantitative estimate of drug-likeness (QED) is 0.683. The zero-order chi connectivity index (χ0) is 18.4.